The highest BCUT2D eigenvalue weighted by atomic mass is 16.5. The van der Waals surface area contributed by atoms with Crippen LogP contribution in [0, 0.1) is 11.8 Å². The number of rotatable bonds is 6. The van der Waals surface area contributed by atoms with Crippen molar-refractivity contribution in [3.63, 3.8) is 0 Å². The van der Waals surface area contributed by atoms with Gasteiger partial charge in [0.1, 0.15) is 6.04 Å². The van der Waals surface area contributed by atoms with Gasteiger partial charge in [-0.3, -0.25) is 29.4 Å². The average molecular weight is 476 g/mol. The van der Waals surface area contributed by atoms with Gasteiger partial charge in [0, 0.05) is 35.4 Å². The fourth-order valence-electron chi connectivity index (χ4n) is 2.86. The molecule has 1 heterocycles. The second-order valence-electron chi connectivity index (χ2n) is 7.02. The molecule has 0 bridgehead atoms. The lowest BCUT2D eigenvalue weighted by atomic mass is 10.1. The molecular weight excluding hydrogens is 452 g/mol. The van der Waals surface area contributed by atoms with Crippen LogP contribution in [-0.4, -0.2) is 45.6 Å². The Balaban J connectivity index is 0.00000432. The van der Waals surface area contributed by atoms with Gasteiger partial charge in [-0.25, -0.2) is 5.48 Å². The summed E-state index contributed by atoms with van der Waals surface area (Å²) in [6.45, 7) is -0.398. The lowest BCUT2D eigenvalue weighted by molar-refractivity contribution is -0.131. The maximum absolute atomic E-state index is 12.6. The molecule has 0 unspecified atom stereocenters. The Bertz CT molecular complexity index is 1310. The highest BCUT2D eigenvalue weighted by Gasteiger charge is 2.22. The number of carbonyl (C=O) groups excluding carboxylic acids is 3. The van der Waals surface area contributed by atoms with Gasteiger partial charge < -0.3 is 15.7 Å². The highest BCUT2D eigenvalue weighted by Crippen LogP contribution is 2.06. The van der Waals surface area contributed by atoms with E-state index >= 15 is 0 Å². The zero-order valence-electron chi connectivity index (χ0n) is 17.7. The van der Waals surface area contributed by atoms with Crippen LogP contribution in [0.5, 0.6) is 5.88 Å². The van der Waals surface area contributed by atoms with E-state index in [2.05, 4.69) is 27.5 Å². The quantitative estimate of drug-likeness (QED) is 0.178. The number of amides is 3. The molecule has 10 heteroatoms. The van der Waals surface area contributed by atoms with Crippen molar-refractivity contribution < 1.29 is 24.7 Å². The molecular formula is C25H24N4O6. The number of aromatic amines is 1. The summed E-state index contributed by atoms with van der Waals surface area (Å²) < 4.78 is 0. The molecule has 1 aromatic heterocycles. The van der Waals surface area contributed by atoms with Gasteiger partial charge >= 0.3 is 0 Å². The summed E-state index contributed by atoms with van der Waals surface area (Å²) in [5.74, 6) is 3.12. The number of aromatic hydroxyl groups is 1. The smallest absolute Gasteiger partial charge is 0.267 e. The summed E-state index contributed by atoms with van der Waals surface area (Å²) in [4.78, 5) is 50.2. The standard InChI is InChI=1S/C24H20N4O6.CH4/c29-20-12-18(13-21(30)27-20)22(31)25-14-19(24(33)28-34)26-23(32)17-10-8-16(9-11-17)7-6-15-4-2-1-3-5-15;/h1-5,8-13,19,34H,14H2,(H,25,31)(H,26,32)(H,28,33)(H2,27,29,30);1H4/t19-;/m0./s1. The van der Waals surface area contributed by atoms with Crippen LogP contribution in [0.1, 0.15) is 39.3 Å². The molecule has 3 rings (SSSR count). The third-order valence-corrected chi connectivity index (χ3v) is 4.56. The largest absolute Gasteiger partial charge is 0.494 e. The van der Waals surface area contributed by atoms with E-state index in [9.17, 15) is 24.3 Å². The van der Waals surface area contributed by atoms with Crippen molar-refractivity contribution in [3.05, 3.63) is 99.3 Å². The summed E-state index contributed by atoms with van der Waals surface area (Å²) >= 11 is 0. The number of aromatic nitrogens is 1. The number of benzene rings is 2. The monoisotopic (exact) mass is 476 g/mol. The molecule has 3 amide bonds. The van der Waals surface area contributed by atoms with Crippen LogP contribution in [0.3, 0.4) is 0 Å². The molecule has 2 aromatic carbocycles. The molecule has 0 radical (unpaired) electrons. The van der Waals surface area contributed by atoms with E-state index in [4.69, 9.17) is 5.21 Å². The summed E-state index contributed by atoms with van der Waals surface area (Å²) in [7, 11) is 0. The van der Waals surface area contributed by atoms with E-state index in [-0.39, 0.29) is 18.6 Å². The summed E-state index contributed by atoms with van der Waals surface area (Å²) in [5.41, 5.74) is 2.34. The molecule has 0 aliphatic carbocycles. The van der Waals surface area contributed by atoms with Gasteiger partial charge in [0.05, 0.1) is 5.56 Å². The number of hydroxylamine groups is 1. The van der Waals surface area contributed by atoms with Gasteiger partial charge in [0.2, 0.25) is 0 Å². The van der Waals surface area contributed by atoms with Crippen LogP contribution >= 0.6 is 0 Å². The van der Waals surface area contributed by atoms with Crippen LogP contribution in [0.2, 0.25) is 0 Å². The van der Waals surface area contributed by atoms with E-state index in [1.165, 1.54) is 17.6 Å². The molecule has 0 aliphatic rings. The molecule has 180 valence electrons. The zero-order chi connectivity index (χ0) is 24.5. The number of pyridine rings is 1. The Hall–Kier alpha value is -4.88. The fraction of sp³-hybridized carbons (Fsp3) is 0.120. The van der Waals surface area contributed by atoms with Crippen molar-refractivity contribution >= 4 is 17.7 Å². The first-order valence-corrected chi connectivity index (χ1v) is 9.99. The van der Waals surface area contributed by atoms with Crippen molar-refractivity contribution in [1.82, 2.24) is 21.1 Å². The summed E-state index contributed by atoms with van der Waals surface area (Å²) in [6.07, 6.45) is 0. The molecule has 35 heavy (non-hydrogen) atoms. The Labute approximate surface area is 201 Å². The van der Waals surface area contributed by atoms with Gasteiger partial charge in [-0.05, 0) is 36.4 Å². The molecule has 10 nitrogen and oxygen atoms in total. The molecule has 0 saturated heterocycles. The minimum Gasteiger partial charge on any atom is -0.494 e. The number of nitrogens with one attached hydrogen (secondary N) is 4. The van der Waals surface area contributed by atoms with Crippen molar-refractivity contribution in [2.75, 3.05) is 6.54 Å². The predicted molar refractivity (Wildman–Crippen MR) is 128 cm³/mol. The van der Waals surface area contributed by atoms with Crippen molar-refractivity contribution in [2.24, 2.45) is 0 Å². The van der Waals surface area contributed by atoms with Gasteiger partial charge in [0.25, 0.3) is 23.3 Å². The third-order valence-electron chi connectivity index (χ3n) is 4.56. The Morgan fingerprint density at radius 1 is 0.886 bits per heavy atom. The third kappa shape index (κ3) is 7.59. The molecule has 6 N–H and O–H groups in total. The second kappa shape index (κ2) is 12.4. The number of carbonyl (C=O) groups is 3. The maximum atomic E-state index is 12.6. The molecule has 0 spiro atoms. The minimum absolute atomic E-state index is 0. The first-order valence-electron chi connectivity index (χ1n) is 9.99. The minimum atomic E-state index is -1.32. The number of hydrogen-bond acceptors (Lipinski definition) is 6. The molecule has 3 aromatic rings. The lowest BCUT2D eigenvalue weighted by Gasteiger charge is -2.17. The Morgan fingerprint density at radius 2 is 1.51 bits per heavy atom. The summed E-state index contributed by atoms with van der Waals surface area (Å²) in [6, 6.07) is 16.4. The Morgan fingerprint density at radius 3 is 2.11 bits per heavy atom. The van der Waals surface area contributed by atoms with Crippen molar-refractivity contribution in [3.8, 4) is 17.7 Å². The van der Waals surface area contributed by atoms with Crippen LogP contribution < -0.4 is 21.7 Å². The van der Waals surface area contributed by atoms with Crippen molar-refractivity contribution in [2.45, 2.75) is 13.5 Å². The fourth-order valence-corrected chi connectivity index (χ4v) is 2.86. The Kier molecular flexibility index (Phi) is 9.33. The van der Waals surface area contributed by atoms with E-state index in [0.29, 0.717) is 5.56 Å². The first kappa shape index (κ1) is 26.4. The van der Waals surface area contributed by atoms with Crippen molar-refractivity contribution in [1.29, 1.82) is 0 Å². The lowest BCUT2D eigenvalue weighted by Crippen LogP contribution is -2.52. The molecule has 0 aliphatic heterocycles. The van der Waals surface area contributed by atoms with E-state index in [1.807, 2.05) is 30.3 Å². The average Bonchev–Trinajstić information content (AvgIpc) is 2.84. The highest BCUT2D eigenvalue weighted by molar-refractivity contribution is 5.98. The van der Waals surface area contributed by atoms with Crippen LogP contribution in [0.15, 0.2) is 71.5 Å². The van der Waals surface area contributed by atoms with Crippen LogP contribution in [-0.2, 0) is 4.79 Å². The normalized spacial score (nSPS) is 10.5. The van der Waals surface area contributed by atoms with E-state index in [1.54, 1.807) is 12.1 Å². The van der Waals surface area contributed by atoms with Gasteiger partial charge in [-0.1, -0.05) is 37.5 Å². The van der Waals surface area contributed by atoms with Crippen LogP contribution in [0.4, 0.5) is 0 Å². The summed E-state index contributed by atoms with van der Waals surface area (Å²) in [5, 5.41) is 23.2. The predicted octanol–water partition coefficient (Wildman–Crippen LogP) is 1.15. The number of H-pyrrole nitrogens is 1. The van der Waals surface area contributed by atoms with Gasteiger partial charge in [0.15, 0.2) is 5.88 Å². The molecule has 1 atom stereocenters. The van der Waals surface area contributed by atoms with E-state index < -0.39 is 41.7 Å². The van der Waals surface area contributed by atoms with E-state index in [0.717, 1.165) is 17.7 Å². The number of hydrogen-bond donors (Lipinski definition) is 6. The first-order chi connectivity index (χ1) is 16.4. The molecule has 0 fully saturated rings. The van der Waals surface area contributed by atoms with Crippen LogP contribution in [0.25, 0.3) is 0 Å². The second-order valence-corrected chi connectivity index (χ2v) is 7.02. The SMILES string of the molecule is C.O=C(NC[C@H](NC(=O)c1ccc(C#Cc2ccccc2)cc1)C(=O)NO)c1cc(O)[nH]c(=O)c1. The maximum Gasteiger partial charge on any atom is 0.267 e. The van der Waals surface area contributed by atoms with Gasteiger partial charge in [-0.15, -0.1) is 0 Å². The molecule has 0 saturated carbocycles. The van der Waals surface area contributed by atoms with Gasteiger partial charge in [-0.2, -0.15) is 0 Å². The zero-order valence-corrected chi connectivity index (χ0v) is 17.7. The topological polar surface area (TPSA) is 161 Å².